The van der Waals surface area contributed by atoms with Crippen molar-refractivity contribution in [2.24, 2.45) is 0 Å². The molecule has 0 bridgehead atoms. The number of nitrogens with zero attached hydrogens (tertiary/aromatic N) is 3. The lowest BCUT2D eigenvalue weighted by Gasteiger charge is -2.14. The van der Waals surface area contributed by atoms with Gasteiger partial charge in [-0.2, -0.15) is 0 Å². The van der Waals surface area contributed by atoms with E-state index in [9.17, 15) is 0 Å². The Bertz CT molecular complexity index is 2260. The molecule has 0 radical (unpaired) electrons. The number of rotatable bonds is 6. The number of benzene rings is 6. The van der Waals surface area contributed by atoms with Crippen molar-refractivity contribution in [1.82, 2.24) is 15.0 Å². The molecule has 0 aliphatic carbocycles. The SMILES string of the molecule is c1ccc(-c2cc(-c3ccc(-c4cccnc4)cc3)cc(-c3nc(-c4ccccc4)c4ccc(-c5ccccc5)cc4n3)c2)cc1. The summed E-state index contributed by atoms with van der Waals surface area (Å²) < 4.78 is 0. The summed E-state index contributed by atoms with van der Waals surface area (Å²) in [6.07, 6.45) is 3.70. The van der Waals surface area contributed by atoms with Gasteiger partial charge in [0, 0.05) is 28.9 Å². The highest BCUT2D eigenvalue weighted by Gasteiger charge is 2.15. The van der Waals surface area contributed by atoms with E-state index in [2.05, 4.69) is 145 Å². The third-order valence-corrected chi connectivity index (χ3v) is 8.36. The van der Waals surface area contributed by atoms with E-state index >= 15 is 0 Å². The predicted molar refractivity (Wildman–Crippen MR) is 190 cm³/mol. The van der Waals surface area contributed by atoms with Crippen molar-refractivity contribution >= 4 is 10.9 Å². The molecule has 6 aromatic carbocycles. The van der Waals surface area contributed by atoms with Crippen LogP contribution in [0.25, 0.3) is 78.1 Å². The van der Waals surface area contributed by atoms with Gasteiger partial charge in [0.25, 0.3) is 0 Å². The van der Waals surface area contributed by atoms with E-state index < -0.39 is 0 Å². The second-order valence-electron chi connectivity index (χ2n) is 11.3. The molecule has 3 heteroatoms. The van der Waals surface area contributed by atoms with Gasteiger partial charge in [0.05, 0.1) is 11.2 Å². The third-order valence-electron chi connectivity index (χ3n) is 8.36. The van der Waals surface area contributed by atoms with Crippen LogP contribution in [0, 0.1) is 0 Å². The van der Waals surface area contributed by atoms with Gasteiger partial charge in [-0.25, -0.2) is 9.97 Å². The molecule has 8 rings (SSSR count). The molecule has 0 saturated carbocycles. The maximum atomic E-state index is 5.25. The van der Waals surface area contributed by atoms with Crippen LogP contribution in [0.5, 0.6) is 0 Å². The van der Waals surface area contributed by atoms with Gasteiger partial charge in [-0.1, -0.05) is 127 Å². The van der Waals surface area contributed by atoms with Gasteiger partial charge in [-0.05, 0) is 80.9 Å². The smallest absolute Gasteiger partial charge is 0.160 e. The number of aromatic nitrogens is 3. The van der Waals surface area contributed by atoms with Crippen LogP contribution in [0.4, 0.5) is 0 Å². The summed E-state index contributed by atoms with van der Waals surface area (Å²) >= 11 is 0. The zero-order chi connectivity index (χ0) is 30.7. The first-order chi connectivity index (χ1) is 22.8. The van der Waals surface area contributed by atoms with Crippen molar-refractivity contribution in [2.45, 2.75) is 0 Å². The lowest BCUT2D eigenvalue weighted by Crippen LogP contribution is -1.96. The molecule has 3 nitrogen and oxygen atoms in total. The molecule has 216 valence electrons. The summed E-state index contributed by atoms with van der Waals surface area (Å²) in [4.78, 5) is 14.8. The monoisotopic (exact) mass is 587 g/mol. The summed E-state index contributed by atoms with van der Waals surface area (Å²) in [5.41, 5.74) is 12.9. The minimum atomic E-state index is 0.697. The Morgan fingerprint density at radius 2 is 0.826 bits per heavy atom. The highest BCUT2D eigenvalue weighted by Crippen LogP contribution is 2.36. The summed E-state index contributed by atoms with van der Waals surface area (Å²) in [5, 5.41) is 1.03. The quantitative estimate of drug-likeness (QED) is 0.194. The Morgan fingerprint density at radius 3 is 1.43 bits per heavy atom. The molecule has 0 saturated heterocycles. The summed E-state index contributed by atoms with van der Waals surface area (Å²) in [6, 6.07) is 57.3. The topological polar surface area (TPSA) is 38.7 Å². The number of pyridine rings is 1. The minimum Gasteiger partial charge on any atom is -0.264 e. The third kappa shape index (κ3) is 5.47. The van der Waals surface area contributed by atoms with Crippen molar-refractivity contribution < 1.29 is 0 Å². The molecular weight excluding hydrogens is 558 g/mol. The Hall–Kier alpha value is -6.19. The fourth-order valence-corrected chi connectivity index (χ4v) is 5.99. The molecule has 0 unspecified atom stereocenters. The van der Waals surface area contributed by atoms with E-state index in [0.29, 0.717) is 5.82 Å². The molecule has 2 heterocycles. The average molecular weight is 588 g/mol. The van der Waals surface area contributed by atoms with Gasteiger partial charge in [-0.15, -0.1) is 0 Å². The summed E-state index contributed by atoms with van der Waals surface area (Å²) in [5.74, 6) is 0.697. The van der Waals surface area contributed by atoms with Crippen molar-refractivity contribution in [1.29, 1.82) is 0 Å². The molecule has 0 spiro atoms. The standard InChI is InChI=1S/C43H29N3/c1-4-11-30(12-5-1)35-22-23-40-41(28-35)45-43(46-42(40)34-15-8-3-9-16-34)39-26-37(31-13-6-2-7-14-31)25-38(27-39)33-20-18-32(19-21-33)36-17-10-24-44-29-36/h1-29H. The fraction of sp³-hybridized carbons (Fsp3) is 0. The second kappa shape index (κ2) is 12.1. The van der Waals surface area contributed by atoms with Crippen molar-refractivity contribution in [3.05, 3.63) is 176 Å². The van der Waals surface area contributed by atoms with Gasteiger partial charge in [-0.3, -0.25) is 4.98 Å². The van der Waals surface area contributed by atoms with Crippen LogP contribution in [-0.4, -0.2) is 15.0 Å². The molecule has 0 aliphatic rings. The van der Waals surface area contributed by atoms with E-state index in [1.807, 2.05) is 30.5 Å². The van der Waals surface area contributed by atoms with Gasteiger partial charge in [0.15, 0.2) is 5.82 Å². The molecular formula is C43H29N3. The van der Waals surface area contributed by atoms with E-state index in [4.69, 9.17) is 9.97 Å². The van der Waals surface area contributed by atoms with Crippen LogP contribution >= 0.6 is 0 Å². The molecule has 0 amide bonds. The summed E-state index contributed by atoms with van der Waals surface area (Å²) in [6.45, 7) is 0. The summed E-state index contributed by atoms with van der Waals surface area (Å²) in [7, 11) is 0. The van der Waals surface area contributed by atoms with Gasteiger partial charge >= 0.3 is 0 Å². The molecule has 0 aliphatic heterocycles. The van der Waals surface area contributed by atoms with Crippen molar-refractivity contribution in [3.63, 3.8) is 0 Å². The average Bonchev–Trinajstić information content (AvgIpc) is 3.15. The molecule has 0 atom stereocenters. The van der Waals surface area contributed by atoms with Gasteiger partial charge in [0.1, 0.15) is 0 Å². The lowest BCUT2D eigenvalue weighted by atomic mass is 9.94. The maximum absolute atomic E-state index is 5.25. The van der Waals surface area contributed by atoms with E-state index in [-0.39, 0.29) is 0 Å². The van der Waals surface area contributed by atoms with Crippen LogP contribution in [0.15, 0.2) is 176 Å². The largest absolute Gasteiger partial charge is 0.264 e. The highest BCUT2D eigenvalue weighted by molar-refractivity contribution is 5.96. The van der Waals surface area contributed by atoms with Crippen LogP contribution in [-0.2, 0) is 0 Å². The Labute approximate surface area is 268 Å². The van der Waals surface area contributed by atoms with Crippen LogP contribution in [0.1, 0.15) is 0 Å². The van der Waals surface area contributed by atoms with E-state index in [1.54, 1.807) is 6.20 Å². The first-order valence-electron chi connectivity index (χ1n) is 15.4. The van der Waals surface area contributed by atoms with Crippen molar-refractivity contribution in [2.75, 3.05) is 0 Å². The van der Waals surface area contributed by atoms with Crippen LogP contribution < -0.4 is 0 Å². The number of hydrogen-bond acceptors (Lipinski definition) is 3. The maximum Gasteiger partial charge on any atom is 0.160 e. The molecule has 46 heavy (non-hydrogen) atoms. The molecule has 2 aromatic heterocycles. The normalized spacial score (nSPS) is 11.0. The predicted octanol–water partition coefficient (Wildman–Crippen LogP) is 11.0. The lowest BCUT2D eigenvalue weighted by molar-refractivity contribution is 1.23. The second-order valence-corrected chi connectivity index (χ2v) is 11.3. The Balaban J connectivity index is 1.32. The number of hydrogen-bond donors (Lipinski definition) is 0. The highest BCUT2D eigenvalue weighted by atomic mass is 14.9. The molecule has 0 fully saturated rings. The first kappa shape index (κ1) is 27.4. The zero-order valence-electron chi connectivity index (χ0n) is 25.1. The minimum absolute atomic E-state index is 0.697. The Morgan fingerprint density at radius 1 is 0.326 bits per heavy atom. The first-order valence-corrected chi connectivity index (χ1v) is 15.4. The van der Waals surface area contributed by atoms with Gasteiger partial charge in [0.2, 0.25) is 0 Å². The van der Waals surface area contributed by atoms with Gasteiger partial charge < -0.3 is 0 Å². The molecule has 8 aromatic rings. The van der Waals surface area contributed by atoms with Crippen LogP contribution in [0.2, 0.25) is 0 Å². The number of fused-ring (bicyclic) bond motifs is 1. The molecule has 0 N–H and O–H groups in total. The fourth-order valence-electron chi connectivity index (χ4n) is 5.99. The van der Waals surface area contributed by atoms with Crippen LogP contribution in [0.3, 0.4) is 0 Å². The van der Waals surface area contributed by atoms with E-state index in [0.717, 1.165) is 72.2 Å². The van der Waals surface area contributed by atoms with E-state index in [1.165, 1.54) is 0 Å². The Kier molecular flexibility index (Phi) is 7.18. The zero-order valence-corrected chi connectivity index (χ0v) is 25.1. The van der Waals surface area contributed by atoms with Crippen molar-refractivity contribution in [3.8, 4) is 67.2 Å².